The predicted octanol–water partition coefficient (Wildman–Crippen LogP) is 2.92. The molecule has 0 radical (unpaired) electrons. The molecular formula is C12H13F4NO2S. The third kappa shape index (κ3) is 3.29. The normalized spacial score (nSPS) is 17.0. The molecule has 0 unspecified atom stereocenters. The first-order chi connectivity index (χ1) is 9.20. The minimum atomic E-state index is -4.93. The fraction of sp³-hybridized carbons (Fsp3) is 0.500. The number of sulfonamides is 1. The average molecular weight is 311 g/mol. The van der Waals surface area contributed by atoms with Crippen LogP contribution in [0.15, 0.2) is 23.1 Å². The first kappa shape index (κ1) is 15.2. The molecule has 1 aromatic carbocycles. The third-order valence-corrected chi connectivity index (χ3v) is 4.76. The van der Waals surface area contributed by atoms with Gasteiger partial charge in [-0.1, -0.05) is 6.42 Å². The highest BCUT2D eigenvalue weighted by Crippen LogP contribution is 2.33. The van der Waals surface area contributed by atoms with Gasteiger partial charge in [-0.3, -0.25) is 0 Å². The van der Waals surface area contributed by atoms with Gasteiger partial charge in [-0.15, -0.1) is 0 Å². The summed E-state index contributed by atoms with van der Waals surface area (Å²) in [6, 6.07) is 1.66. The van der Waals surface area contributed by atoms with Gasteiger partial charge in [-0.25, -0.2) is 17.5 Å². The molecule has 1 aromatic rings. The van der Waals surface area contributed by atoms with E-state index in [2.05, 4.69) is 4.72 Å². The van der Waals surface area contributed by atoms with Crippen LogP contribution in [0.5, 0.6) is 0 Å². The minimum absolute atomic E-state index is 0.195. The van der Waals surface area contributed by atoms with Gasteiger partial charge < -0.3 is 0 Å². The highest BCUT2D eigenvalue weighted by atomic mass is 32.2. The quantitative estimate of drug-likeness (QED) is 0.869. The van der Waals surface area contributed by atoms with E-state index in [0.29, 0.717) is 12.1 Å². The Hall–Kier alpha value is -1.15. The van der Waals surface area contributed by atoms with E-state index in [0.717, 1.165) is 25.3 Å². The molecule has 1 N–H and O–H groups in total. The maximum absolute atomic E-state index is 13.1. The molecule has 0 atom stereocenters. The van der Waals surface area contributed by atoms with Crippen LogP contribution >= 0.6 is 0 Å². The van der Waals surface area contributed by atoms with Crippen molar-refractivity contribution in [2.45, 2.75) is 30.3 Å². The zero-order valence-electron chi connectivity index (χ0n) is 10.4. The predicted molar refractivity (Wildman–Crippen MR) is 63.9 cm³/mol. The van der Waals surface area contributed by atoms with Crippen LogP contribution in [0.3, 0.4) is 0 Å². The van der Waals surface area contributed by atoms with Crippen molar-refractivity contribution in [3.63, 3.8) is 0 Å². The van der Waals surface area contributed by atoms with Crippen molar-refractivity contribution >= 4 is 10.0 Å². The molecule has 0 amide bonds. The summed E-state index contributed by atoms with van der Waals surface area (Å²) in [4.78, 5) is -0.578. The molecule has 2 rings (SSSR count). The van der Waals surface area contributed by atoms with Gasteiger partial charge in [0, 0.05) is 6.54 Å². The van der Waals surface area contributed by atoms with Crippen molar-refractivity contribution in [3.05, 3.63) is 29.6 Å². The Kier molecular flexibility index (Phi) is 4.06. The molecule has 0 heterocycles. The van der Waals surface area contributed by atoms with Gasteiger partial charge in [0.2, 0.25) is 10.0 Å². The summed E-state index contributed by atoms with van der Waals surface area (Å²) in [6.07, 6.45) is -2.09. The highest BCUT2D eigenvalue weighted by Gasteiger charge is 2.35. The number of halogens is 4. The fourth-order valence-corrected chi connectivity index (χ4v) is 3.04. The Bertz CT molecular complexity index is 594. The molecular weight excluding hydrogens is 298 g/mol. The van der Waals surface area contributed by atoms with Crippen LogP contribution in [0, 0.1) is 11.7 Å². The van der Waals surface area contributed by atoms with Gasteiger partial charge in [0.25, 0.3) is 0 Å². The van der Waals surface area contributed by atoms with E-state index in [9.17, 15) is 26.0 Å². The zero-order valence-corrected chi connectivity index (χ0v) is 11.2. The van der Waals surface area contributed by atoms with Crippen molar-refractivity contribution < 1.29 is 26.0 Å². The highest BCUT2D eigenvalue weighted by molar-refractivity contribution is 7.89. The Morgan fingerprint density at radius 1 is 1.25 bits per heavy atom. The molecule has 0 spiro atoms. The number of benzene rings is 1. The molecule has 1 aliphatic carbocycles. The second-order valence-electron chi connectivity index (χ2n) is 4.79. The van der Waals surface area contributed by atoms with Gasteiger partial charge in [0.1, 0.15) is 5.82 Å². The minimum Gasteiger partial charge on any atom is -0.211 e. The molecule has 1 aliphatic rings. The average Bonchev–Trinajstić information content (AvgIpc) is 2.25. The summed E-state index contributed by atoms with van der Waals surface area (Å²) in [5.74, 6) is -1.26. The lowest BCUT2D eigenvalue weighted by molar-refractivity contribution is -0.140. The summed E-state index contributed by atoms with van der Waals surface area (Å²) >= 11 is 0. The lowest BCUT2D eigenvalue weighted by Gasteiger charge is -2.25. The first-order valence-corrected chi connectivity index (χ1v) is 7.55. The van der Waals surface area contributed by atoms with Crippen molar-refractivity contribution in [3.8, 4) is 0 Å². The van der Waals surface area contributed by atoms with Crippen LogP contribution in [0.1, 0.15) is 24.8 Å². The number of hydrogen-bond acceptors (Lipinski definition) is 2. The molecule has 0 saturated heterocycles. The maximum atomic E-state index is 13.1. The monoisotopic (exact) mass is 311 g/mol. The summed E-state index contributed by atoms with van der Waals surface area (Å²) in [7, 11) is -4.05. The molecule has 3 nitrogen and oxygen atoms in total. The van der Waals surface area contributed by atoms with E-state index in [1.54, 1.807) is 0 Å². The van der Waals surface area contributed by atoms with E-state index >= 15 is 0 Å². The van der Waals surface area contributed by atoms with Gasteiger partial charge in [0.05, 0.1) is 10.5 Å². The number of nitrogens with one attached hydrogen (secondary N) is 1. The van der Waals surface area contributed by atoms with Crippen molar-refractivity contribution in [2.75, 3.05) is 6.54 Å². The summed E-state index contributed by atoms with van der Waals surface area (Å²) in [6.45, 7) is 0.195. The summed E-state index contributed by atoms with van der Waals surface area (Å²) in [5, 5.41) is 0. The number of hydrogen-bond donors (Lipinski definition) is 1. The van der Waals surface area contributed by atoms with Crippen LogP contribution < -0.4 is 4.72 Å². The van der Waals surface area contributed by atoms with E-state index in [1.807, 2.05) is 0 Å². The molecule has 1 fully saturated rings. The Morgan fingerprint density at radius 2 is 1.90 bits per heavy atom. The van der Waals surface area contributed by atoms with E-state index < -0.39 is 32.5 Å². The topological polar surface area (TPSA) is 46.2 Å². The standard InChI is InChI=1S/C12H13F4NO2S/c13-11-5-4-9(6-10(11)12(14,15)16)20(18,19)17-7-8-2-1-3-8/h4-6,8,17H,1-3,7H2. The van der Waals surface area contributed by atoms with Crippen molar-refractivity contribution in [1.29, 1.82) is 0 Å². The molecule has 8 heteroatoms. The molecule has 20 heavy (non-hydrogen) atoms. The van der Waals surface area contributed by atoms with E-state index in [-0.39, 0.29) is 12.5 Å². The molecule has 0 aliphatic heterocycles. The van der Waals surface area contributed by atoms with Gasteiger partial charge in [0.15, 0.2) is 0 Å². The van der Waals surface area contributed by atoms with E-state index in [4.69, 9.17) is 0 Å². The second-order valence-corrected chi connectivity index (χ2v) is 6.56. The Morgan fingerprint density at radius 3 is 2.40 bits per heavy atom. The van der Waals surface area contributed by atoms with Crippen LogP contribution in [-0.4, -0.2) is 15.0 Å². The Balaban J connectivity index is 2.22. The van der Waals surface area contributed by atoms with Crippen molar-refractivity contribution in [2.24, 2.45) is 5.92 Å². The van der Waals surface area contributed by atoms with Crippen molar-refractivity contribution in [1.82, 2.24) is 4.72 Å². The molecule has 112 valence electrons. The lowest BCUT2D eigenvalue weighted by Crippen LogP contribution is -2.32. The largest absolute Gasteiger partial charge is 0.419 e. The SMILES string of the molecule is O=S(=O)(NCC1CCC1)c1ccc(F)c(C(F)(F)F)c1. The molecule has 0 aromatic heterocycles. The summed E-state index contributed by atoms with van der Waals surface area (Å²) < 4.78 is 76.7. The number of alkyl halides is 3. The third-order valence-electron chi connectivity index (χ3n) is 3.34. The van der Waals surface area contributed by atoms with Gasteiger partial charge in [-0.05, 0) is 37.0 Å². The summed E-state index contributed by atoms with van der Waals surface area (Å²) in [5.41, 5.74) is -1.58. The van der Waals surface area contributed by atoms with E-state index in [1.165, 1.54) is 0 Å². The second kappa shape index (κ2) is 5.33. The first-order valence-electron chi connectivity index (χ1n) is 6.06. The van der Waals surface area contributed by atoms with Crippen LogP contribution in [0.2, 0.25) is 0 Å². The molecule has 0 bridgehead atoms. The fourth-order valence-electron chi connectivity index (χ4n) is 1.90. The van der Waals surface area contributed by atoms with Gasteiger partial charge in [-0.2, -0.15) is 13.2 Å². The number of rotatable bonds is 4. The van der Waals surface area contributed by atoms with Crippen LogP contribution in [-0.2, 0) is 16.2 Å². The Labute approximate surface area is 114 Å². The van der Waals surface area contributed by atoms with Crippen LogP contribution in [0.25, 0.3) is 0 Å². The van der Waals surface area contributed by atoms with Gasteiger partial charge >= 0.3 is 6.18 Å². The zero-order chi connectivity index (χ0) is 15.0. The maximum Gasteiger partial charge on any atom is 0.419 e. The van der Waals surface area contributed by atoms with Crippen LogP contribution in [0.4, 0.5) is 17.6 Å². The molecule has 1 saturated carbocycles. The lowest BCUT2D eigenvalue weighted by atomic mass is 9.86. The smallest absolute Gasteiger partial charge is 0.211 e.